The Morgan fingerprint density at radius 3 is 2.77 bits per heavy atom. The maximum atomic E-state index is 12.9. The molecular formula is C25H22N6O4. The number of anilines is 1. The zero-order valence-corrected chi connectivity index (χ0v) is 18.8. The molecule has 0 fully saturated rings. The summed E-state index contributed by atoms with van der Waals surface area (Å²) in [5.41, 5.74) is 3.48. The van der Waals surface area contributed by atoms with Crippen molar-refractivity contribution in [2.24, 2.45) is 0 Å². The first kappa shape index (κ1) is 22.1. The third kappa shape index (κ3) is 4.54. The van der Waals surface area contributed by atoms with Crippen molar-refractivity contribution in [1.29, 1.82) is 0 Å². The van der Waals surface area contributed by atoms with Gasteiger partial charge in [-0.05, 0) is 30.2 Å². The molecule has 5 rings (SSSR count). The molecule has 3 amide bonds. The van der Waals surface area contributed by atoms with E-state index in [9.17, 15) is 14.4 Å². The predicted molar refractivity (Wildman–Crippen MR) is 128 cm³/mol. The lowest BCUT2D eigenvalue weighted by molar-refractivity contribution is -0.118. The third-order valence-corrected chi connectivity index (χ3v) is 5.70. The van der Waals surface area contributed by atoms with E-state index in [1.807, 2.05) is 37.3 Å². The molecule has 0 aliphatic carbocycles. The Hall–Kier alpha value is -4.73. The van der Waals surface area contributed by atoms with Gasteiger partial charge in [0.2, 0.25) is 0 Å². The number of benzene rings is 2. The van der Waals surface area contributed by atoms with Crippen LogP contribution in [0.3, 0.4) is 0 Å². The van der Waals surface area contributed by atoms with Gasteiger partial charge >= 0.3 is 0 Å². The van der Waals surface area contributed by atoms with E-state index in [2.05, 4.69) is 30.9 Å². The zero-order valence-electron chi connectivity index (χ0n) is 18.8. The molecule has 2 aromatic carbocycles. The number of amides is 3. The van der Waals surface area contributed by atoms with Gasteiger partial charge in [-0.2, -0.15) is 0 Å². The summed E-state index contributed by atoms with van der Waals surface area (Å²) in [6.07, 6.45) is 2.78. The summed E-state index contributed by atoms with van der Waals surface area (Å²) in [4.78, 5) is 48.6. The van der Waals surface area contributed by atoms with Crippen LogP contribution in [0.15, 0.2) is 61.1 Å². The van der Waals surface area contributed by atoms with Gasteiger partial charge in [0.1, 0.15) is 17.6 Å². The van der Waals surface area contributed by atoms with E-state index < -0.39 is 5.91 Å². The SMILES string of the molecule is C[C@@H](NC(=O)c1c[nH]c2c(C(=O)NCc3ccc4c(c3)NC(=O)CO4)ncnc12)c1ccccc1. The van der Waals surface area contributed by atoms with Crippen LogP contribution >= 0.6 is 0 Å². The van der Waals surface area contributed by atoms with Gasteiger partial charge in [-0.3, -0.25) is 14.4 Å². The van der Waals surface area contributed by atoms with Crippen LogP contribution < -0.4 is 20.7 Å². The molecule has 0 unspecified atom stereocenters. The fourth-order valence-electron chi connectivity index (χ4n) is 3.89. The molecule has 3 heterocycles. The monoisotopic (exact) mass is 470 g/mol. The molecule has 0 bridgehead atoms. The number of nitrogens with zero attached hydrogens (tertiary/aromatic N) is 2. The first-order valence-electron chi connectivity index (χ1n) is 11.0. The summed E-state index contributed by atoms with van der Waals surface area (Å²) in [7, 11) is 0. The highest BCUT2D eigenvalue weighted by molar-refractivity contribution is 6.10. The van der Waals surface area contributed by atoms with Crippen molar-refractivity contribution in [2.45, 2.75) is 19.5 Å². The summed E-state index contributed by atoms with van der Waals surface area (Å²) in [6.45, 7) is 2.08. The third-order valence-electron chi connectivity index (χ3n) is 5.70. The Bertz CT molecular complexity index is 1430. The van der Waals surface area contributed by atoms with Gasteiger partial charge in [0.25, 0.3) is 17.7 Å². The van der Waals surface area contributed by atoms with Crippen LogP contribution in [-0.2, 0) is 11.3 Å². The van der Waals surface area contributed by atoms with Gasteiger partial charge in [-0.15, -0.1) is 0 Å². The van der Waals surface area contributed by atoms with Crippen molar-refractivity contribution in [3.8, 4) is 5.75 Å². The van der Waals surface area contributed by atoms with Crippen molar-refractivity contribution in [3.63, 3.8) is 0 Å². The number of aromatic amines is 1. The molecule has 2 aromatic heterocycles. The van der Waals surface area contributed by atoms with E-state index in [1.54, 1.807) is 18.2 Å². The Kier molecular flexibility index (Phi) is 5.84. The summed E-state index contributed by atoms with van der Waals surface area (Å²) < 4.78 is 5.35. The highest BCUT2D eigenvalue weighted by Crippen LogP contribution is 2.28. The molecule has 4 aromatic rings. The minimum Gasteiger partial charge on any atom is -0.482 e. The number of carbonyl (C=O) groups excluding carboxylic acids is 3. The number of hydrogen-bond acceptors (Lipinski definition) is 6. The minimum atomic E-state index is -0.429. The summed E-state index contributed by atoms with van der Waals surface area (Å²) in [5.74, 6) is -0.388. The second-order valence-electron chi connectivity index (χ2n) is 8.10. The summed E-state index contributed by atoms with van der Waals surface area (Å²) >= 11 is 0. The van der Waals surface area contributed by atoms with Crippen molar-refractivity contribution in [3.05, 3.63) is 83.4 Å². The molecule has 1 aliphatic heterocycles. The first-order valence-corrected chi connectivity index (χ1v) is 11.0. The molecule has 0 radical (unpaired) electrons. The molecule has 10 heteroatoms. The normalized spacial score (nSPS) is 13.3. The number of hydrogen-bond donors (Lipinski definition) is 4. The fourth-order valence-corrected chi connectivity index (χ4v) is 3.89. The van der Waals surface area contributed by atoms with Crippen LogP contribution in [0.4, 0.5) is 5.69 Å². The highest BCUT2D eigenvalue weighted by atomic mass is 16.5. The summed E-state index contributed by atoms with van der Waals surface area (Å²) in [6, 6.07) is 14.7. The second kappa shape index (κ2) is 9.26. The average Bonchev–Trinajstić information content (AvgIpc) is 3.32. The number of carbonyl (C=O) groups is 3. The van der Waals surface area contributed by atoms with E-state index in [-0.39, 0.29) is 36.7 Å². The maximum Gasteiger partial charge on any atom is 0.272 e. The largest absolute Gasteiger partial charge is 0.482 e. The van der Waals surface area contributed by atoms with Gasteiger partial charge < -0.3 is 25.7 Å². The molecular weight excluding hydrogens is 448 g/mol. The van der Waals surface area contributed by atoms with Gasteiger partial charge in [0.05, 0.1) is 22.8 Å². The van der Waals surface area contributed by atoms with Crippen LogP contribution in [0.25, 0.3) is 11.0 Å². The van der Waals surface area contributed by atoms with Crippen LogP contribution in [0.2, 0.25) is 0 Å². The highest BCUT2D eigenvalue weighted by Gasteiger charge is 2.21. The molecule has 35 heavy (non-hydrogen) atoms. The number of aromatic nitrogens is 3. The quantitative estimate of drug-likeness (QED) is 0.342. The number of nitrogens with one attached hydrogen (secondary N) is 4. The van der Waals surface area contributed by atoms with Gasteiger partial charge in [-0.25, -0.2) is 9.97 Å². The van der Waals surface area contributed by atoms with Gasteiger partial charge in [-0.1, -0.05) is 36.4 Å². The maximum absolute atomic E-state index is 12.9. The lowest BCUT2D eigenvalue weighted by atomic mass is 10.1. The topological polar surface area (TPSA) is 138 Å². The molecule has 0 saturated carbocycles. The fraction of sp³-hybridized carbons (Fsp3) is 0.160. The number of H-pyrrole nitrogens is 1. The molecule has 0 spiro atoms. The van der Waals surface area contributed by atoms with Crippen LogP contribution in [0.1, 0.15) is 44.9 Å². The Labute approximate surface area is 200 Å². The van der Waals surface area contributed by atoms with E-state index in [0.717, 1.165) is 11.1 Å². The van der Waals surface area contributed by atoms with Crippen molar-refractivity contribution < 1.29 is 19.1 Å². The van der Waals surface area contributed by atoms with Crippen molar-refractivity contribution >= 4 is 34.4 Å². The van der Waals surface area contributed by atoms with E-state index in [0.29, 0.717) is 28.0 Å². The van der Waals surface area contributed by atoms with Gasteiger partial charge in [0, 0.05) is 12.7 Å². The van der Waals surface area contributed by atoms with Crippen LogP contribution in [-0.4, -0.2) is 39.3 Å². The lowest BCUT2D eigenvalue weighted by Gasteiger charge is -2.18. The lowest BCUT2D eigenvalue weighted by Crippen LogP contribution is -2.27. The number of rotatable bonds is 6. The first-order chi connectivity index (χ1) is 17.0. The molecule has 10 nitrogen and oxygen atoms in total. The zero-order chi connectivity index (χ0) is 24.4. The smallest absolute Gasteiger partial charge is 0.272 e. The van der Waals surface area contributed by atoms with E-state index >= 15 is 0 Å². The molecule has 0 saturated heterocycles. The second-order valence-corrected chi connectivity index (χ2v) is 8.10. The van der Waals surface area contributed by atoms with Crippen molar-refractivity contribution in [2.75, 3.05) is 11.9 Å². The molecule has 1 atom stereocenters. The number of fused-ring (bicyclic) bond motifs is 2. The minimum absolute atomic E-state index is 0.0197. The van der Waals surface area contributed by atoms with Crippen molar-refractivity contribution in [1.82, 2.24) is 25.6 Å². The molecule has 176 valence electrons. The van der Waals surface area contributed by atoms with Crippen LogP contribution in [0, 0.1) is 0 Å². The van der Waals surface area contributed by atoms with Gasteiger partial charge in [0.15, 0.2) is 12.3 Å². The van der Waals surface area contributed by atoms with E-state index in [1.165, 1.54) is 12.5 Å². The Balaban J connectivity index is 1.30. The van der Waals surface area contributed by atoms with Crippen LogP contribution in [0.5, 0.6) is 5.75 Å². The number of ether oxygens (including phenoxy) is 1. The Morgan fingerprint density at radius 2 is 1.94 bits per heavy atom. The molecule has 4 N–H and O–H groups in total. The standard InChI is InChI=1S/C25H22N6O4/c1-14(16-5-3-2-4-6-16)30-24(33)17-11-26-22-21(17)28-13-29-23(22)25(34)27-10-15-7-8-19-18(9-15)31-20(32)12-35-19/h2-9,11,13-14,26H,10,12H2,1H3,(H,27,34)(H,30,33)(H,31,32)/t14-/m1/s1. The Morgan fingerprint density at radius 1 is 1.11 bits per heavy atom. The predicted octanol–water partition coefficient (Wildman–Crippen LogP) is 2.71. The van der Waals surface area contributed by atoms with E-state index in [4.69, 9.17) is 4.74 Å². The molecule has 1 aliphatic rings. The average molecular weight is 470 g/mol. The summed E-state index contributed by atoms with van der Waals surface area (Å²) in [5, 5.41) is 8.51.